The van der Waals surface area contributed by atoms with Crippen molar-refractivity contribution in [3.8, 4) is 0 Å². The first-order chi connectivity index (χ1) is 7.29. The van der Waals surface area contributed by atoms with E-state index in [4.69, 9.17) is 0 Å². The molecular weight excluding hydrogens is 188 g/mol. The summed E-state index contributed by atoms with van der Waals surface area (Å²) in [5.74, 6) is 0.518. The van der Waals surface area contributed by atoms with Gasteiger partial charge in [0.2, 0.25) is 0 Å². The maximum atomic E-state index is 9.26. The first kappa shape index (κ1) is 11.4. The van der Waals surface area contributed by atoms with Crippen LogP contribution in [-0.4, -0.2) is 48.8 Å². The maximum Gasteiger partial charge on any atom is 0.0474 e. The Bertz CT molecular complexity index is 190. The second-order valence-corrected chi connectivity index (χ2v) is 5.22. The monoisotopic (exact) mass is 212 g/mol. The SMILES string of the molecule is CN1CCC(NC2CCCC2CO)CC1. The minimum absolute atomic E-state index is 0.365. The standard InChI is InChI=1S/C12H24N2O/c1-14-7-5-11(6-8-14)13-12-4-2-3-10(12)9-15/h10-13,15H,2-9H2,1H3. The van der Waals surface area contributed by atoms with Crippen molar-refractivity contribution in [2.45, 2.75) is 44.2 Å². The van der Waals surface area contributed by atoms with Gasteiger partial charge in [-0.1, -0.05) is 6.42 Å². The number of aliphatic hydroxyl groups excluding tert-OH is 1. The average molecular weight is 212 g/mol. The second kappa shape index (κ2) is 5.28. The Morgan fingerprint density at radius 1 is 1.20 bits per heavy atom. The van der Waals surface area contributed by atoms with Crippen molar-refractivity contribution < 1.29 is 5.11 Å². The minimum Gasteiger partial charge on any atom is -0.396 e. The fourth-order valence-corrected chi connectivity index (χ4v) is 2.95. The Morgan fingerprint density at radius 3 is 2.60 bits per heavy atom. The number of likely N-dealkylation sites (tertiary alicyclic amines) is 1. The third-order valence-corrected chi connectivity index (χ3v) is 4.06. The highest BCUT2D eigenvalue weighted by atomic mass is 16.3. The van der Waals surface area contributed by atoms with Crippen LogP contribution in [0.15, 0.2) is 0 Å². The zero-order chi connectivity index (χ0) is 10.7. The number of hydrogen-bond acceptors (Lipinski definition) is 3. The summed E-state index contributed by atoms with van der Waals surface area (Å²) in [4.78, 5) is 2.40. The van der Waals surface area contributed by atoms with Crippen molar-refractivity contribution in [1.29, 1.82) is 0 Å². The van der Waals surface area contributed by atoms with Gasteiger partial charge in [0, 0.05) is 18.7 Å². The van der Waals surface area contributed by atoms with E-state index in [2.05, 4.69) is 17.3 Å². The molecule has 2 unspecified atom stereocenters. The molecule has 0 radical (unpaired) electrons. The largest absolute Gasteiger partial charge is 0.396 e. The van der Waals surface area contributed by atoms with Gasteiger partial charge >= 0.3 is 0 Å². The summed E-state index contributed by atoms with van der Waals surface area (Å²) >= 11 is 0. The van der Waals surface area contributed by atoms with Gasteiger partial charge in [0.25, 0.3) is 0 Å². The van der Waals surface area contributed by atoms with Crippen molar-refractivity contribution in [2.75, 3.05) is 26.7 Å². The highest BCUT2D eigenvalue weighted by molar-refractivity contribution is 4.87. The quantitative estimate of drug-likeness (QED) is 0.727. The number of piperidine rings is 1. The van der Waals surface area contributed by atoms with Crippen molar-refractivity contribution in [2.24, 2.45) is 5.92 Å². The highest BCUT2D eigenvalue weighted by Crippen LogP contribution is 2.26. The van der Waals surface area contributed by atoms with Gasteiger partial charge < -0.3 is 15.3 Å². The molecule has 1 aliphatic heterocycles. The van der Waals surface area contributed by atoms with Gasteiger partial charge in [-0.15, -0.1) is 0 Å². The fraction of sp³-hybridized carbons (Fsp3) is 1.00. The molecule has 88 valence electrons. The number of hydrogen-bond donors (Lipinski definition) is 2. The van der Waals surface area contributed by atoms with E-state index < -0.39 is 0 Å². The lowest BCUT2D eigenvalue weighted by atomic mass is 10.00. The number of nitrogens with zero attached hydrogens (tertiary/aromatic N) is 1. The van der Waals surface area contributed by atoms with E-state index in [1.807, 2.05) is 0 Å². The molecule has 2 N–H and O–H groups in total. The van der Waals surface area contributed by atoms with Crippen LogP contribution < -0.4 is 5.32 Å². The van der Waals surface area contributed by atoms with Crippen LogP contribution in [-0.2, 0) is 0 Å². The molecule has 0 aromatic carbocycles. The smallest absolute Gasteiger partial charge is 0.0474 e. The van der Waals surface area contributed by atoms with Crippen molar-refractivity contribution >= 4 is 0 Å². The minimum atomic E-state index is 0.365. The van der Waals surface area contributed by atoms with Gasteiger partial charge in [-0.25, -0.2) is 0 Å². The summed E-state index contributed by atoms with van der Waals surface area (Å²) in [6.45, 7) is 2.80. The van der Waals surface area contributed by atoms with E-state index in [1.54, 1.807) is 0 Å². The van der Waals surface area contributed by atoms with Gasteiger partial charge in [0.1, 0.15) is 0 Å². The molecule has 1 heterocycles. The normalized spacial score (nSPS) is 34.8. The molecule has 2 rings (SSSR count). The average Bonchev–Trinajstić information content (AvgIpc) is 2.69. The molecule has 1 aliphatic carbocycles. The first-order valence-corrected chi connectivity index (χ1v) is 6.35. The number of nitrogens with one attached hydrogen (secondary N) is 1. The summed E-state index contributed by atoms with van der Waals surface area (Å²) in [5, 5.41) is 13.0. The van der Waals surface area contributed by atoms with Gasteiger partial charge in [0.15, 0.2) is 0 Å². The van der Waals surface area contributed by atoms with Gasteiger partial charge in [-0.05, 0) is 51.7 Å². The lowest BCUT2D eigenvalue weighted by molar-refractivity contribution is 0.178. The van der Waals surface area contributed by atoms with Crippen LogP contribution in [0, 0.1) is 5.92 Å². The predicted octanol–water partition coefficient (Wildman–Crippen LogP) is 0.831. The molecule has 0 amide bonds. The molecule has 0 aromatic heterocycles. The topological polar surface area (TPSA) is 35.5 Å². The maximum absolute atomic E-state index is 9.26. The summed E-state index contributed by atoms with van der Waals surface area (Å²) in [7, 11) is 2.20. The molecular formula is C12H24N2O. The van der Waals surface area contributed by atoms with Gasteiger partial charge in [-0.2, -0.15) is 0 Å². The summed E-state index contributed by atoms with van der Waals surface area (Å²) < 4.78 is 0. The molecule has 3 nitrogen and oxygen atoms in total. The molecule has 1 saturated heterocycles. The molecule has 2 atom stereocenters. The Hall–Kier alpha value is -0.120. The predicted molar refractivity (Wildman–Crippen MR) is 61.9 cm³/mol. The summed E-state index contributed by atoms with van der Waals surface area (Å²) in [6, 6.07) is 1.28. The van der Waals surface area contributed by atoms with Gasteiger partial charge in [-0.3, -0.25) is 0 Å². The fourth-order valence-electron chi connectivity index (χ4n) is 2.95. The van der Waals surface area contributed by atoms with Crippen LogP contribution in [0.4, 0.5) is 0 Å². The second-order valence-electron chi connectivity index (χ2n) is 5.22. The summed E-state index contributed by atoms with van der Waals surface area (Å²) in [5.41, 5.74) is 0. The molecule has 2 aliphatic rings. The van der Waals surface area contributed by atoms with Crippen molar-refractivity contribution in [1.82, 2.24) is 10.2 Å². The van der Waals surface area contributed by atoms with Crippen LogP contribution in [0.25, 0.3) is 0 Å². The lowest BCUT2D eigenvalue weighted by Crippen LogP contribution is -2.46. The third kappa shape index (κ3) is 2.92. The van der Waals surface area contributed by atoms with Crippen molar-refractivity contribution in [3.63, 3.8) is 0 Å². The van der Waals surface area contributed by atoms with E-state index in [9.17, 15) is 5.11 Å². The third-order valence-electron chi connectivity index (χ3n) is 4.06. The molecule has 0 aromatic rings. The molecule has 1 saturated carbocycles. The van der Waals surface area contributed by atoms with Gasteiger partial charge in [0.05, 0.1) is 0 Å². The Morgan fingerprint density at radius 2 is 1.93 bits per heavy atom. The lowest BCUT2D eigenvalue weighted by Gasteiger charge is -2.33. The zero-order valence-corrected chi connectivity index (χ0v) is 9.78. The van der Waals surface area contributed by atoms with Crippen LogP contribution in [0.1, 0.15) is 32.1 Å². The molecule has 15 heavy (non-hydrogen) atoms. The van der Waals surface area contributed by atoms with Crippen LogP contribution >= 0.6 is 0 Å². The molecule has 2 fully saturated rings. The number of aliphatic hydroxyl groups is 1. The van der Waals surface area contributed by atoms with Crippen molar-refractivity contribution in [3.05, 3.63) is 0 Å². The van der Waals surface area contributed by atoms with Crippen LogP contribution in [0.2, 0.25) is 0 Å². The first-order valence-electron chi connectivity index (χ1n) is 6.35. The Kier molecular flexibility index (Phi) is 4.00. The van der Waals surface area contributed by atoms with E-state index in [1.165, 1.54) is 45.2 Å². The van der Waals surface area contributed by atoms with Crippen LogP contribution in [0.5, 0.6) is 0 Å². The molecule has 0 spiro atoms. The van der Waals surface area contributed by atoms with E-state index in [0.717, 1.165) is 0 Å². The number of rotatable bonds is 3. The molecule has 3 heteroatoms. The molecule has 0 bridgehead atoms. The highest BCUT2D eigenvalue weighted by Gasteiger charge is 2.29. The Balaban J connectivity index is 1.76. The van der Waals surface area contributed by atoms with E-state index in [-0.39, 0.29) is 0 Å². The van der Waals surface area contributed by atoms with E-state index >= 15 is 0 Å². The Labute approximate surface area is 92.8 Å². The van der Waals surface area contributed by atoms with Crippen LogP contribution in [0.3, 0.4) is 0 Å². The van der Waals surface area contributed by atoms with E-state index in [0.29, 0.717) is 24.6 Å². The zero-order valence-electron chi connectivity index (χ0n) is 9.78. The summed E-state index contributed by atoms with van der Waals surface area (Å²) in [6.07, 6.45) is 6.30.